The van der Waals surface area contributed by atoms with Gasteiger partial charge in [-0.2, -0.15) is 0 Å². The standard InChI is InChI=1S/C14H12N2O4S.C3H8.2C2H6/c1-15-21(19,20)9-6-8-4-3-5-10-12(8)11(7-9)14(18)16(2)13(10)17;1-3-2;2*1-2/h3-7,15H,1-2H3;3H2,1-2H3;2*1-2H3. The highest BCUT2D eigenvalue weighted by Gasteiger charge is 2.31. The van der Waals surface area contributed by atoms with Crippen LogP contribution in [0.4, 0.5) is 0 Å². The van der Waals surface area contributed by atoms with Crippen molar-refractivity contribution in [2.45, 2.75) is 52.9 Å². The number of hydrogen-bond donors (Lipinski definition) is 1. The van der Waals surface area contributed by atoms with Gasteiger partial charge in [-0.05, 0) is 30.6 Å². The molecule has 0 atom stereocenters. The fraction of sp³-hybridized carbons (Fsp3) is 0.429. The van der Waals surface area contributed by atoms with E-state index >= 15 is 0 Å². The van der Waals surface area contributed by atoms with Crippen LogP contribution in [0.25, 0.3) is 10.8 Å². The second-order valence-corrected chi connectivity index (χ2v) is 7.35. The van der Waals surface area contributed by atoms with Gasteiger partial charge >= 0.3 is 0 Å². The van der Waals surface area contributed by atoms with E-state index in [2.05, 4.69) is 18.6 Å². The molecule has 0 spiro atoms. The molecule has 1 heterocycles. The van der Waals surface area contributed by atoms with Gasteiger partial charge in [0, 0.05) is 23.6 Å². The Bertz CT molecular complexity index is 921. The second kappa shape index (κ2) is 11.6. The van der Waals surface area contributed by atoms with Crippen LogP contribution < -0.4 is 4.72 Å². The highest BCUT2D eigenvalue weighted by Crippen LogP contribution is 2.31. The molecule has 28 heavy (non-hydrogen) atoms. The molecule has 1 aliphatic rings. The van der Waals surface area contributed by atoms with E-state index in [4.69, 9.17) is 0 Å². The first kappa shape index (κ1) is 25.8. The summed E-state index contributed by atoms with van der Waals surface area (Å²) in [6.45, 7) is 12.2. The summed E-state index contributed by atoms with van der Waals surface area (Å²) in [6.07, 6.45) is 1.25. The maximum atomic E-state index is 12.3. The molecule has 2 aromatic rings. The zero-order valence-corrected chi connectivity index (χ0v) is 18.9. The van der Waals surface area contributed by atoms with E-state index in [9.17, 15) is 18.0 Å². The lowest BCUT2D eigenvalue weighted by molar-refractivity contribution is 0.0650. The van der Waals surface area contributed by atoms with E-state index in [1.807, 2.05) is 27.7 Å². The van der Waals surface area contributed by atoms with Gasteiger partial charge in [0.2, 0.25) is 10.0 Å². The van der Waals surface area contributed by atoms with Crippen LogP contribution in [0, 0.1) is 0 Å². The zero-order valence-electron chi connectivity index (χ0n) is 18.1. The van der Waals surface area contributed by atoms with Crippen LogP contribution >= 0.6 is 0 Å². The molecular formula is C21H32N2O4S. The average Bonchev–Trinajstić information content (AvgIpc) is 2.73. The van der Waals surface area contributed by atoms with Crippen molar-refractivity contribution in [3.63, 3.8) is 0 Å². The van der Waals surface area contributed by atoms with Gasteiger partial charge in [0.05, 0.1) is 4.90 Å². The number of imide groups is 1. The number of hydrogen-bond acceptors (Lipinski definition) is 4. The third kappa shape index (κ3) is 5.17. The van der Waals surface area contributed by atoms with Crippen molar-refractivity contribution >= 4 is 32.6 Å². The predicted octanol–water partition coefficient (Wildman–Crippen LogP) is 4.44. The number of carbonyl (C=O) groups excluding carboxylic acids is 2. The van der Waals surface area contributed by atoms with Crippen LogP contribution in [-0.2, 0) is 10.0 Å². The molecule has 2 aromatic carbocycles. The van der Waals surface area contributed by atoms with Crippen LogP contribution in [0.3, 0.4) is 0 Å². The van der Waals surface area contributed by atoms with Crippen molar-refractivity contribution in [3.8, 4) is 0 Å². The van der Waals surface area contributed by atoms with Gasteiger partial charge in [0.1, 0.15) is 0 Å². The van der Waals surface area contributed by atoms with Crippen molar-refractivity contribution in [2.75, 3.05) is 14.1 Å². The monoisotopic (exact) mass is 408 g/mol. The van der Waals surface area contributed by atoms with Gasteiger partial charge in [-0.1, -0.05) is 60.1 Å². The van der Waals surface area contributed by atoms with E-state index in [1.54, 1.807) is 18.2 Å². The van der Waals surface area contributed by atoms with Gasteiger partial charge < -0.3 is 0 Å². The Morgan fingerprint density at radius 3 is 1.93 bits per heavy atom. The predicted molar refractivity (Wildman–Crippen MR) is 115 cm³/mol. The summed E-state index contributed by atoms with van der Waals surface area (Å²) in [5.74, 6) is -0.890. The fourth-order valence-corrected chi connectivity index (χ4v) is 3.26. The highest BCUT2D eigenvalue weighted by atomic mass is 32.2. The van der Waals surface area contributed by atoms with Crippen molar-refractivity contribution < 1.29 is 18.0 Å². The maximum absolute atomic E-state index is 12.3. The van der Waals surface area contributed by atoms with E-state index < -0.39 is 15.9 Å². The highest BCUT2D eigenvalue weighted by molar-refractivity contribution is 7.89. The van der Waals surface area contributed by atoms with Crippen LogP contribution in [0.15, 0.2) is 35.2 Å². The summed E-state index contributed by atoms with van der Waals surface area (Å²) in [5.41, 5.74) is 0.622. The SMILES string of the molecule is CC.CC.CCC.CNS(=O)(=O)c1cc2c3c(cccc3c1)C(=O)N(C)C2=O. The Kier molecular flexibility index (Phi) is 10.6. The minimum absolute atomic E-state index is 0.000693. The quantitative estimate of drug-likeness (QED) is 0.745. The minimum Gasteiger partial charge on any atom is -0.277 e. The van der Waals surface area contributed by atoms with Gasteiger partial charge in [-0.25, -0.2) is 13.1 Å². The molecule has 0 saturated carbocycles. The van der Waals surface area contributed by atoms with E-state index in [-0.39, 0.29) is 16.4 Å². The third-order valence-electron chi connectivity index (χ3n) is 3.60. The lowest BCUT2D eigenvalue weighted by Gasteiger charge is -2.24. The second-order valence-electron chi connectivity index (χ2n) is 5.46. The number of amides is 2. The molecule has 0 unspecified atom stereocenters. The van der Waals surface area contributed by atoms with Gasteiger partial charge in [0.15, 0.2) is 0 Å². The van der Waals surface area contributed by atoms with E-state index in [0.29, 0.717) is 16.3 Å². The maximum Gasteiger partial charge on any atom is 0.261 e. The number of nitrogens with one attached hydrogen (secondary N) is 1. The number of sulfonamides is 1. The molecule has 3 rings (SSSR count). The first-order valence-electron chi connectivity index (χ1n) is 9.61. The van der Waals surface area contributed by atoms with Crippen LogP contribution in [0.1, 0.15) is 68.7 Å². The Morgan fingerprint density at radius 2 is 1.43 bits per heavy atom. The first-order chi connectivity index (χ1) is 13.3. The Balaban J connectivity index is 0.000000930. The van der Waals surface area contributed by atoms with Crippen LogP contribution in [0.5, 0.6) is 0 Å². The Hall–Kier alpha value is -2.25. The molecular weight excluding hydrogens is 376 g/mol. The smallest absolute Gasteiger partial charge is 0.261 e. The summed E-state index contributed by atoms with van der Waals surface area (Å²) in [6, 6.07) is 7.74. The molecule has 6 nitrogen and oxygen atoms in total. The Labute approximate surface area is 169 Å². The molecule has 7 heteroatoms. The minimum atomic E-state index is -3.67. The van der Waals surface area contributed by atoms with Crippen LogP contribution in [-0.4, -0.2) is 39.2 Å². The largest absolute Gasteiger partial charge is 0.277 e. The molecule has 156 valence electrons. The summed E-state index contributed by atoms with van der Waals surface area (Å²) in [5, 5.41) is 1.05. The molecule has 0 bridgehead atoms. The van der Waals surface area contributed by atoms with Crippen LogP contribution in [0.2, 0.25) is 0 Å². The summed E-state index contributed by atoms with van der Waals surface area (Å²) in [4.78, 5) is 25.4. The van der Waals surface area contributed by atoms with E-state index in [0.717, 1.165) is 4.90 Å². The lowest BCUT2D eigenvalue weighted by Crippen LogP contribution is -2.37. The summed E-state index contributed by atoms with van der Waals surface area (Å²) >= 11 is 0. The molecule has 1 N–H and O–H groups in total. The molecule has 0 aliphatic carbocycles. The van der Waals surface area contributed by atoms with Crippen molar-refractivity contribution in [1.82, 2.24) is 9.62 Å². The summed E-state index contributed by atoms with van der Waals surface area (Å²) < 4.78 is 26.2. The lowest BCUT2D eigenvalue weighted by atomic mass is 9.94. The van der Waals surface area contributed by atoms with Gasteiger partial charge in [-0.15, -0.1) is 0 Å². The number of benzene rings is 2. The molecule has 0 fully saturated rings. The molecule has 0 saturated heterocycles. The van der Waals surface area contributed by atoms with Gasteiger partial charge in [0.25, 0.3) is 11.8 Å². The first-order valence-corrected chi connectivity index (χ1v) is 11.1. The fourth-order valence-electron chi connectivity index (χ4n) is 2.47. The van der Waals surface area contributed by atoms with Gasteiger partial charge in [-0.3, -0.25) is 14.5 Å². The Morgan fingerprint density at radius 1 is 0.929 bits per heavy atom. The normalized spacial score (nSPS) is 12.2. The van der Waals surface area contributed by atoms with E-state index in [1.165, 1.54) is 32.6 Å². The van der Waals surface area contributed by atoms with Crippen molar-refractivity contribution in [2.24, 2.45) is 0 Å². The molecule has 0 aromatic heterocycles. The summed E-state index contributed by atoms with van der Waals surface area (Å²) in [7, 11) is -0.986. The molecule has 1 aliphatic heterocycles. The zero-order chi connectivity index (χ0) is 22.1. The van der Waals surface area contributed by atoms with Crippen molar-refractivity contribution in [1.29, 1.82) is 0 Å². The topological polar surface area (TPSA) is 83.6 Å². The molecule has 2 amide bonds. The average molecular weight is 409 g/mol. The number of nitrogens with zero attached hydrogens (tertiary/aromatic N) is 1. The number of rotatable bonds is 2. The number of carbonyl (C=O) groups is 2. The third-order valence-corrected chi connectivity index (χ3v) is 4.99. The van der Waals surface area contributed by atoms with Crippen molar-refractivity contribution in [3.05, 3.63) is 41.5 Å². The molecule has 0 radical (unpaired) electrons.